The summed E-state index contributed by atoms with van der Waals surface area (Å²) in [6.07, 6.45) is 3.24. The van der Waals surface area contributed by atoms with Crippen LogP contribution >= 0.6 is 11.6 Å². The zero-order chi connectivity index (χ0) is 17.0. The van der Waals surface area contributed by atoms with Crippen molar-refractivity contribution in [3.63, 3.8) is 0 Å². The Labute approximate surface area is 140 Å². The maximum absolute atomic E-state index is 12.3. The summed E-state index contributed by atoms with van der Waals surface area (Å²) in [4.78, 5) is 30.1. The van der Waals surface area contributed by atoms with Crippen molar-refractivity contribution >= 4 is 29.1 Å². The number of anilines is 1. The van der Waals surface area contributed by atoms with Crippen molar-refractivity contribution in [2.75, 3.05) is 18.4 Å². The molecule has 0 aliphatic rings. The first-order valence-corrected chi connectivity index (χ1v) is 7.73. The van der Waals surface area contributed by atoms with E-state index in [9.17, 15) is 9.59 Å². The molecule has 2 amide bonds. The van der Waals surface area contributed by atoms with E-state index in [1.54, 1.807) is 47.1 Å². The van der Waals surface area contributed by atoms with Crippen molar-refractivity contribution in [2.45, 2.75) is 13.8 Å². The summed E-state index contributed by atoms with van der Waals surface area (Å²) in [5, 5.41) is 3.02. The van der Waals surface area contributed by atoms with E-state index in [0.717, 1.165) is 0 Å². The second kappa shape index (κ2) is 7.28. The molecule has 0 unspecified atom stereocenters. The van der Waals surface area contributed by atoms with Gasteiger partial charge in [0.1, 0.15) is 0 Å². The van der Waals surface area contributed by atoms with E-state index in [1.807, 2.05) is 13.8 Å². The highest BCUT2D eigenvalue weighted by molar-refractivity contribution is 6.34. The van der Waals surface area contributed by atoms with E-state index in [1.165, 1.54) is 0 Å². The molecule has 2 aromatic rings. The summed E-state index contributed by atoms with van der Waals surface area (Å²) in [5.74, 6) is -0.164. The van der Waals surface area contributed by atoms with Crippen LogP contribution in [0.25, 0.3) is 0 Å². The van der Waals surface area contributed by atoms with Crippen molar-refractivity contribution in [3.8, 4) is 0 Å². The second-order valence-corrected chi connectivity index (χ2v) is 5.40. The molecule has 0 fully saturated rings. The molecule has 7 heteroatoms. The molecule has 0 radical (unpaired) electrons. The minimum Gasteiger partial charge on any atom is -0.339 e. The van der Waals surface area contributed by atoms with Crippen molar-refractivity contribution in [1.29, 1.82) is 0 Å². The number of carbonyl (C=O) groups is 2. The van der Waals surface area contributed by atoms with Gasteiger partial charge in [-0.2, -0.15) is 0 Å². The SMILES string of the molecule is CCN(CC)C(=O)c1ccc(NC(=O)c2nccn2C)cc1Cl. The molecule has 1 aromatic carbocycles. The Bertz CT molecular complexity index is 723. The first-order chi connectivity index (χ1) is 11.0. The number of amides is 2. The van der Waals surface area contributed by atoms with Gasteiger partial charge in [-0.15, -0.1) is 0 Å². The molecule has 0 bridgehead atoms. The number of aryl methyl sites for hydroxylation is 1. The van der Waals surface area contributed by atoms with Crippen LogP contribution in [0.15, 0.2) is 30.6 Å². The highest BCUT2D eigenvalue weighted by Crippen LogP contribution is 2.23. The van der Waals surface area contributed by atoms with E-state index in [2.05, 4.69) is 10.3 Å². The first kappa shape index (κ1) is 17.0. The van der Waals surface area contributed by atoms with Crippen molar-refractivity contribution < 1.29 is 9.59 Å². The highest BCUT2D eigenvalue weighted by atomic mass is 35.5. The number of nitrogens with one attached hydrogen (secondary N) is 1. The van der Waals surface area contributed by atoms with Gasteiger partial charge in [0.05, 0.1) is 10.6 Å². The number of aromatic nitrogens is 2. The molecule has 6 nitrogen and oxygen atoms in total. The van der Waals surface area contributed by atoms with Crippen molar-refractivity contribution in [3.05, 3.63) is 47.0 Å². The molecule has 0 atom stereocenters. The molecule has 1 N–H and O–H groups in total. The second-order valence-electron chi connectivity index (χ2n) is 4.99. The highest BCUT2D eigenvalue weighted by Gasteiger charge is 2.17. The van der Waals surface area contributed by atoms with E-state index >= 15 is 0 Å². The molecule has 0 aliphatic carbocycles. The van der Waals surface area contributed by atoms with Gasteiger partial charge in [0.15, 0.2) is 5.82 Å². The Kier molecular flexibility index (Phi) is 5.39. The van der Waals surface area contributed by atoms with Gasteiger partial charge in [-0.05, 0) is 32.0 Å². The number of hydrogen-bond donors (Lipinski definition) is 1. The van der Waals surface area contributed by atoms with Crippen LogP contribution in [0, 0.1) is 0 Å². The van der Waals surface area contributed by atoms with Gasteiger partial charge < -0.3 is 14.8 Å². The lowest BCUT2D eigenvalue weighted by Gasteiger charge is -2.19. The van der Waals surface area contributed by atoms with Crippen LogP contribution in [-0.4, -0.2) is 39.4 Å². The number of hydrogen-bond acceptors (Lipinski definition) is 3. The van der Waals surface area contributed by atoms with Gasteiger partial charge in [-0.1, -0.05) is 11.6 Å². The predicted octanol–water partition coefficient (Wildman–Crippen LogP) is 2.81. The zero-order valence-corrected chi connectivity index (χ0v) is 14.1. The molecule has 122 valence electrons. The largest absolute Gasteiger partial charge is 0.339 e. The van der Waals surface area contributed by atoms with E-state index in [0.29, 0.717) is 35.2 Å². The van der Waals surface area contributed by atoms with Gasteiger partial charge in [0.25, 0.3) is 11.8 Å². The van der Waals surface area contributed by atoms with Crippen LogP contribution in [0.4, 0.5) is 5.69 Å². The third-order valence-corrected chi connectivity index (χ3v) is 3.84. The number of imidazole rings is 1. The fourth-order valence-corrected chi connectivity index (χ4v) is 2.48. The molecule has 0 saturated carbocycles. The van der Waals surface area contributed by atoms with E-state index in [4.69, 9.17) is 11.6 Å². The van der Waals surface area contributed by atoms with Crippen LogP contribution in [0.5, 0.6) is 0 Å². The Balaban J connectivity index is 2.18. The third-order valence-electron chi connectivity index (χ3n) is 3.53. The van der Waals surface area contributed by atoms with Crippen LogP contribution in [0.1, 0.15) is 34.8 Å². The average molecular weight is 335 g/mol. The lowest BCUT2D eigenvalue weighted by atomic mass is 10.1. The predicted molar refractivity (Wildman–Crippen MR) is 89.9 cm³/mol. The summed E-state index contributed by atoms with van der Waals surface area (Å²) < 4.78 is 1.62. The fraction of sp³-hybridized carbons (Fsp3) is 0.312. The molecule has 1 heterocycles. The molecular formula is C16H19ClN4O2. The summed E-state index contributed by atoms with van der Waals surface area (Å²) in [7, 11) is 1.74. The lowest BCUT2D eigenvalue weighted by Crippen LogP contribution is -2.30. The Morgan fingerprint density at radius 3 is 2.52 bits per heavy atom. The Hall–Kier alpha value is -2.34. The van der Waals surface area contributed by atoms with Gasteiger partial charge >= 0.3 is 0 Å². The van der Waals surface area contributed by atoms with E-state index < -0.39 is 0 Å². The third kappa shape index (κ3) is 3.71. The molecule has 23 heavy (non-hydrogen) atoms. The molecule has 0 saturated heterocycles. The van der Waals surface area contributed by atoms with Crippen LogP contribution < -0.4 is 5.32 Å². The number of nitrogens with zero attached hydrogens (tertiary/aromatic N) is 3. The van der Waals surface area contributed by atoms with Crippen LogP contribution in [-0.2, 0) is 7.05 Å². The molecular weight excluding hydrogens is 316 g/mol. The maximum Gasteiger partial charge on any atom is 0.291 e. The minimum absolute atomic E-state index is 0.123. The zero-order valence-electron chi connectivity index (χ0n) is 13.3. The van der Waals surface area contributed by atoms with Gasteiger partial charge in [0, 0.05) is 38.2 Å². The Morgan fingerprint density at radius 2 is 2.00 bits per heavy atom. The topological polar surface area (TPSA) is 67.2 Å². The molecule has 2 rings (SSSR count). The lowest BCUT2D eigenvalue weighted by molar-refractivity contribution is 0.0773. The number of benzene rings is 1. The van der Waals surface area contributed by atoms with Gasteiger partial charge in [0.2, 0.25) is 0 Å². The average Bonchev–Trinajstić information content (AvgIpc) is 2.94. The number of rotatable bonds is 5. The smallest absolute Gasteiger partial charge is 0.291 e. The van der Waals surface area contributed by atoms with Gasteiger partial charge in [-0.3, -0.25) is 9.59 Å². The summed E-state index contributed by atoms with van der Waals surface area (Å²) in [5.41, 5.74) is 0.935. The Morgan fingerprint density at radius 1 is 1.30 bits per heavy atom. The van der Waals surface area contributed by atoms with Gasteiger partial charge in [-0.25, -0.2) is 4.98 Å². The van der Waals surface area contributed by atoms with Crippen LogP contribution in [0.2, 0.25) is 5.02 Å². The summed E-state index contributed by atoms with van der Waals surface area (Å²) in [6, 6.07) is 4.85. The summed E-state index contributed by atoms with van der Waals surface area (Å²) >= 11 is 6.20. The summed E-state index contributed by atoms with van der Waals surface area (Å²) in [6.45, 7) is 5.06. The molecule has 1 aromatic heterocycles. The maximum atomic E-state index is 12.3. The standard InChI is InChI=1S/C16H19ClN4O2/c1-4-21(5-2)16(23)12-7-6-11(10-13(12)17)19-15(22)14-18-8-9-20(14)3/h6-10H,4-5H2,1-3H3,(H,19,22). The fourth-order valence-electron chi connectivity index (χ4n) is 2.22. The van der Waals surface area contributed by atoms with Crippen LogP contribution in [0.3, 0.4) is 0 Å². The first-order valence-electron chi connectivity index (χ1n) is 7.35. The minimum atomic E-state index is -0.337. The molecule has 0 spiro atoms. The monoisotopic (exact) mass is 334 g/mol. The molecule has 0 aliphatic heterocycles. The van der Waals surface area contributed by atoms with Crippen molar-refractivity contribution in [2.24, 2.45) is 7.05 Å². The number of carbonyl (C=O) groups excluding carboxylic acids is 2. The normalized spacial score (nSPS) is 10.4. The number of halogens is 1. The van der Waals surface area contributed by atoms with E-state index in [-0.39, 0.29) is 11.8 Å². The quantitative estimate of drug-likeness (QED) is 0.914. The van der Waals surface area contributed by atoms with Crippen molar-refractivity contribution in [1.82, 2.24) is 14.5 Å².